The van der Waals surface area contributed by atoms with Gasteiger partial charge in [0.05, 0.1) is 0 Å². The summed E-state index contributed by atoms with van der Waals surface area (Å²) in [6, 6.07) is 0. The van der Waals surface area contributed by atoms with E-state index in [0.29, 0.717) is 11.5 Å². The number of fused-ring (bicyclic) bond motifs is 1. The third kappa shape index (κ3) is 0.426. The Balaban J connectivity index is 2.95. The molecule has 6 nitrogen and oxygen atoms in total. The normalized spacial score (nSPS) is 10.8. The number of nitrogens with two attached hydrogens (primary N) is 2. The van der Waals surface area contributed by atoms with E-state index in [2.05, 4.69) is 9.97 Å². The van der Waals surface area contributed by atoms with Crippen molar-refractivity contribution in [3.05, 3.63) is 12.7 Å². The van der Waals surface area contributed by atoms with Gasteiger partial charge in [0.15, 0.2) is 11.5 Å². The van der Waals surface area contributed by atoms with Crippen LogP contribution in [-0.2, 0) is 0 Å². The molecule has 0 spiro atoms. The predicted molar refractivity (Wildman–Crippen MR) is 35.5 cm³/mol. The first-order valence-electron chi connectivity index (χ1n) is 2.70. The van der Waals surface area contributed by atoms with Gasteiger partial charge < -0.3 is 11.6 Å². The summed E-state index contributed by atoms with van der Waals surface area (Å²) in [4.78, 5) is 8.99. The summed E-state index contributed by atoms with van der Waals surface area (Å²) >= 11 is 0. The molecular weight excluding hydrogens is 132 g/mol. The molecule has 0 fully saturated rings. The van der Waals surface area contributed by atoms with Gasteiger partial charge in [-0.2, -0.15) is 4.79 Å². The molecule has 0 aliphatic heterocycles. The number of nitrogens with zero attached hydrogens (tertiary/aromatic N) is 4. The van der Waals surface area contributed by atoms with Crippen LogP contribution in [0, 0.1) is 0 Å². The highest BCUT2D eigenvalue weighted by atomic mass is 15.6. The molecule has 0 amide bonds. The molecule has 0 radical (unpaired) electrons. The maximum Gasteiger partial charge on any atom is 0.199 e. The van der Waals surface area contributed by atoms with Crippen LogP contribution in [0.25, 0.3) is 5.65 Å². The summed E-state index contributed by atoms with van der Waals surface area (Å²) in [5.41, 5.74) is 6.01. The number of aromatic nitrogens is 4. The Morgan fingerprint density at radius 1 is 1.30 bits per heavy atom. The lowest BCUT2D eigenvalue weighted by atomic mass is 10.7. The van der Waals surface area contributed by atoms with Crippen molar-refractivity contribution in [2.75, 3.05) is 11.6 Å². The average molecular weight is 138 g/mol. The molecule has 0 bridgehead atoms. The maximum atomic E-state index is 5.43. The van der Waals surface area contributed by atoms with Gasteiger partial charge in [0.2, 0.25) is 0 Å². The summed E-state index contributed by atoms with van der Waals surface area (Å²) in [6.45, 7) is 0. The number of hydrogen-bond donors (Lipinski definition) is 2. The highest BCUT2D eigenvalue weighted by molar-refractivity contribution is 5.58. The first kappa shape index (κ1) is 5.10. The lowest BCUT2D eigenvalue weighted by molar-refractivity contribution is 0.754. The highest BCUT2D eigenvalue weighted by Crippen LogP contribution is 2.05. The summed E-state index contributed by atoms with van der Waals surface area (Å²) in [5.74, 6) is 5.80. The Morgan fingerprint density at radius 3 is 2.80 bits per heavy atom. The summed E-state index contributed by atoms with van der Waals surface area (Å²) in [7, 11) is 0. The Morgan fingerprint density at radius 2 is 2.10 bits per heavy atom. The van der Waals surface area contributed by atoms with Crippen molar-refractivity contribution in [1.82, 2.24) is 19.3 Å². The van der Waals surface area contributed by atoms with Gasteiger partial charge in [0, 0.05) is 0 Å². The van der Waals surface area contributed by atoms with Crippen LogP contribution in [0.4, 0.5) is 5.82 Å². The number of imidazole rings is 1. The average Bonchev–Trinajstić information content (AvgIpc) is 2.41. The third-order valence-corrected chi connectivity index (χ3v) is 1.30. The minimum Gasteiger partial charge on any atom is -0.381 e. The molecule has 2 heterocycles. The fourth-order valence-electron chi connectivity index (χ4n) is 0.810. The molecule has 0 unspecified atom stereocenters. The van der Waals surface area contributed by atoms with Crippen molar-refractivity contribution >= 4 is 11.5 Å². The fourth-order valence-corrected chi connectivity index (χ4v) is 0.810. The molecule has 0 saturated heterocycles. The Hall–Kier alpha value is -1.72. The van der Waals surface area contributed by atoms with E-state index >= 15 is 0 Å². The molecule has 0 saturated carbocycles. The van der Waals surface area contributed by atoms with Crippen LogP contribution in [0.15, 0.2) is 12.7 Å². The SMILES string of the molecule is Nc1ncn2c1ncn2N. The van der Waals surface area contributed by atoms with Crippen molar-refractivity contribution in [3.8, 4) is 0 Å². The second-order valence-electron chi connectivity index (χ2n) is 1.92. The Bertz CT molecular complexity index is 321. The van der Waals surface area contributed by atoms with Crippen LogP contribution in [0.5, 0.6) is 0 Å². The molecule has 6 heteroatoms. The highest BCUT2D eigenvalue weighted by Gasteiger charge is 2.02. The maximum absolute atomic E-state index is 5.43. The van der Waals surface area contributed by atoms with Crippen LogP contribution >= 0.6 is 0 Å². The molecule has 0 aliphatic rings. The van der Waals surface area contributed by atoms with E-state index in [1.807, 2.05) is 0 Å². The van der Waals surface area contributed by atoms with E-state index in [9.17, 15) is 0 Å². The van der Waals surface area contributed by atoms with Crippen LogP contribution in [0.2, 0.25) is 0 Å². The van der Waals surface area contributed by atoms with Gasteiger partial charge >= 0.3 is 0 Å². The van der Waals surface area contributed by atoms with E-state index in [4.69, 9.17) is 11.6 Å². The largest absolute Gasteiger partial charge is 0.381 e. The molecule has 0 aliphatic carbocycles. The summed E-state index contributed by atoms with van der Waals surface area (Å²) < 4.78 is 1.55. The van der Waals surface area contributed by atoms with Crippen molar-refractivity contribution in [3.63, 3.8) is 0 Å². The zero-order chi connectivity index (χ0) is 7.14. The first-order chi connectivity index (χ1) is 4.79. The first-order valence-corrected chi connectivity index (χ1v) is 2.70. The molecule has 0 aromatic carbocycles. The lowest BCUT2D eigenvalue weighted by Crippen LogP contribution is -2.12. The molecular formula is C4H6N6. The standard InChI is InChI=1S/C4H6N6/c5-3-4-8-2-10(6)9(4)1-7-3/h1-2H,5-6H2. The van der Waals surface area contributed by atoms with Gasteiger partial charge in [0.25, 0.3) is 0 Å². The number of anilines is 1. The quantitative estimate of drug-likeness (QED) is 0.449. The number of nitrogen functional groups attached to an aromatic ring is 2. The van der Waals surface area contributed by atoms with Crippen LogP contribution in [-0.4, -0.2) is 19.3 Å². The Kier molecular flexibility index (Phi) is 0.717. The summed E-state index contributed by atoms with van der Waals surface area (Å²) in [5, 5.41) is 0. The monoisotopic (exact) mass is 138 g/mol. The van der Waals surface area contributed by atoms with Crippen molar-refractivity contribution in [2.24, 2.45) is 0 Å². The lowest BCUT2D eigenvalue weighted by Gasteiger charge is -1.88. The second-order valence-corrected chi connectivity index (χ2v) is 1.92. The molecule has 10 heavy (non-hydrogen) atoms. The smallest absolute Gasteiger partial charge is 0.199 e. The topological polar surface area (TPSA) is 87.2 Å². The zero-order valence-electron chi connectivity index (χ0n) is 5.10. The molecule has 4 N–H and O–H groups in total. The van der Waals surface area contributed by atoms with Gasteiger partial charge in [-0.25, -0.2) is 14.5 Å². The molecule has 2 aromatic rings. The zero-order valence-corrected chi connectivity index (χ0v) is 5.10. The van der Waals surface area contributed by atoms with E-state index in [0.717, 1.165) is 0 Å². The van der Waals surface area contributed by atoms with E-state index in [-0.39, 0.29) is 0 Å². The van der Waals surface area contributed by atoms with Crippen LogP contribution in [0.3, 0.4) is 0 Å². The van der Waals surface area contributed by atoms with Crippen LogP contribution in [0.1, 0.15) is 0 Å². The van der Waals surface area contributed by atoms with Crippen molar-refractivity contribution in [1.29, 1.82) is 0 Å². The Labute approximate surface area is 56.0 Å². The van der Waals surface area contributed by atoms with Gasteiger partial charge in [-0.15, -0.1) is 0 Å². The molecule has 0 atom stereocenters. The molecule has 52 valence electrons. The van der Waals surface area contributed by atoms with E-state index in [1.54, 1.807) is 4.52 Å². The van der Waals surface area contributed by atoms with Gasteiger partial charge in [-0.05, 0) is 0 Å². The summed E-state index contributed by atoms with van der Waals surface area (Å²) in [6.07, 6.45) is 2.98. The fraction of sp³-hybridized carbons (Fsp3) is 0. The number of hydrogen-bond acceptors (Lipinski definition) is 4. The van der Waals surface area contributed by atoms with Gasteiger partial charge in [-0.1, -0.05) is 0 Å². The van der Waals surface area contributed by atoms with Crippen molar-refractivity contribution in [2.45, 2.75) is 0 Å². The number of rotatable bonds is 0. The molecule has 2 rings (SSSR count). The van der Waals surface area contributed by atoms with Gasteiger partial charge in [-0.3, -0.25) is 0 Å². The van der Waals surface area contributed by atoms with Gasteiger partial charge in [0.1, 0.15) is 12.7 Å². The minimum absolute atomic E-state index is 0.393. The van der Waals surface area contributed by atoms with Crippen molar-refractivity contribution < 1.29 is 0 Å². The molecule has 2 aromatic heterocycles. The van der Waals surface area contributed by atoms with E-state index < -0.39 is 0 Å². The second kappa shape index (κ2) is 1.41. The third-order valence-electron chi connectivity index (χ3n) is 1.30. The predicted octanol–water partition coefficient (Wildman–Crippen LogP) is -1.17. The van der Waals surface area contributed by atoms with Crippen LogP contribution < -0.4 is 11.6 Å². The van der Waals surface area contributed by atoms with E-state index in [1.165, 1.54) is 17.4 Å². The minimum atomic E-state index is 0.393.